The third kappa shape index (κ3) is 19.7. The number of aryl methyl sites for hydroxylation is 5. The lowest BCUT2D eigenvalue weighted by Crippen LogP contribution is -2.32. The van der Waals surface area contributed by atoms with E-state index in [1.54, 1.807) is 40.3 Å². The van der Waals surface area contributed by atoms with Crippen LogP contribution in [0.1, 0.15) is 138 Å². The molecule has 21 nitrogen and oxygen atoms in total. The topological polar surface area (TPSA) is 343 Å². The Balaban J connectivity index is 0.000000202. The van der Waals surface area contributed by atoms with Gasteiger partial charge in [0.15, 0.2) is 36.8 Å². The van der Waals surface area contributed by atoms with Crippen LogP contribution in [0.4, 0.5) is 0 Å². The Morgan fingerprint density at radius 3 is 0.936 bits per heavy atom. The maximum absolute atomic E-state index is 12.2. The van der Waals surface area contributed by atoms with Gasteiger partial charge in [0.1, 0.15) is 53.0 Å². The number of aromatic hydroxyl groups is 8. The summed E-state index contributed by atoms with van der Waals surface area (Å²) in [4.78, 5) is -0.401. The molecule has 12 aromatic rings. The van der Waals surface area contributed by atoms with E-state index in [9.17, 15) is 53.8 Å². The third-order valence-electron chi connectivity index (χ3n) is 18.8. The van der Waals surface area contributed by atoms with Crippen LogP contribution in [-0.2, 0) is 96.8 Å². The number of para-hydroxylation sites is 3. The second kappa shape index (κ2) is 34.2. The molecule has 0 unspecified atom stereocenters. The van der Waals surface area contributed by atoms with Crippen molar-refractivity contribution in [3.05, 3.63) is 327 Å². The van der Waals surface area contributed by atoms with E-state index in [2.05, 4.69) is 33.9 Å². The maximum Gasteiger partial charge on any atom is 0.425 e. The number of phenols is 8. The van der Waals surface area contributed by atoms with Gasteiger partial charge in [0, 0.05) is 110 Å². The van der Waals surface area contributed by atoms with Crippen molar-refractivity contribution in [2.24, 2.45) is 14.1 Å². The minimum absolute atomic E-state index is 0.0416. The van der Waals surface area contributed by atoms with Gasteiger partial charge in [-0.05, 0) is 192 Å². The standard InChI is InChI=1S/C50H42N2O4.C35H32N2O7S2.2O3S/c1-33-23-40-31-44-27-36(13-11-34-15-19-51(2)20-16-34)25-42(49(44)55)29-38-7-6-8-39(47(38)53)30-43-26-37(28-45(50(43)56)32-41(24-33)48(40)54)14-12-35-17-21-52(22-18-35)46-9-4-3-5-10-46;1-19-9-24-15-27-12-21(7-8-31-37(3)36-20(2)45-31)11-26(34(27)40)13-22-5-4-6-23(32(22)38)14-28-17-30(46(42,43)44)18-29(35(28)41)16-25(10-19)33(24)39;2*1-4(2)3/h3-28,53-54H,29-32H2,1-2H3;4-12,17-18H,13-16H2,1-3H3,(H4,38,39,41,42,43,44);;/p+3. The fourth-order valence-electron chi connectivity index (χ4n) is 13.7. The molecule has 2 aliphatic carbocycles. The first-order chi connectivity index (χ1) is 52.4. The zero-order chi connectivity index (χ0) is 78.8. The number of nitrogens with zero attached hydrogens (tertiary/aromatic N) is 4. The summed E-state index contributed by atoms with van der Waals surface area (Å²) in [7, 11) is -7.01. The van der Waals surface area contributed by atoms with Crippen molar-refractivity contribution >= 4 is 79.1 Å². The first-order valence-electron chi connectivity index (χ1n) is 34.4. The van der Waals surface area contributed by atoms with Gasteiger partial charge in [0.2, 0.25) is 5.69 Å². The second-order valence-corrected chi connectivity index (χ2v) is 30.4. The summed E-state index contributed by atoms with van der Waals surface area (Å²) in [5.41, 5.74) is 16.3. The smallest absolute Gasteiger partial charge is 0.425 e. The molecule has 0 saturated heterocycles. The second-order valence-electron chi connectivity index (χ2n) is 26.9. The van der Waals surface area contributed by atoms with Gasteiger partial charge >= 0.3 is 21.2 Å². The molecule has 0 atom stereocenters. The van der Waals surface area contributed by atoms with E-state index in [4.69, 9.17) is 25.3 Å². The van der Waals surface area contributed by atoms with Crippen molar-refractivity contribution in [1.82, 2.24) is 5.10 Å². The van der Waals surface area contributed by atoms with E-state index in [-0.39, 0.29) is 108 Å². The number of benzene rings is 9. The van der Waals surface area contributed by atoms with Gasteiger partial charge in [-0.25, -0.2) is 4.57 Å². The van der Waals surface area contributed by atoms with Crippen molar-refractivity contribution in [3.8, 4) is 51.7 Å². The molecule has 110 heavy (non-hydrogen) atoms. The highest BCUT2D eigenvalue weighted by Crippen LogP contribution is 2.42. The van der Waals surface area contributed by atoms with Gasteiger partial charge < -0.3 is 40.9 Å². The molecule has 3 aromatic heterocycles. The molecule has 16 bridgehead atoms. The number of rotatable bonds is 8. The monoisotopic (exact) mass is 1550 g/mol. The minimum atomic E-state index is -4.64. The van der Waals surface area contributed by atoms with Crippen molar-refractivity contribution in [3.63, 3.8) is 0 Å². The lowest BCUT2D eigenvalue weighted by atomic mass is 9.89. The number of fused-ring (bicyclic) bond motifs is 16. The number of phenolic OH excluding ortho intramolecular Hbond substituents is 8. The Morgan fingerprint density at radius 1 is 0.355 bits per heavy atom. The van der Waals surface area contributed by atoms with Gasteiger partial charge in [-0.1, -0.05) is 119 Å². The number of aromatic nitrogens is 4. The van der Waals surface area contributed by atoms with E-state index in [0.29, 0.717) is 77.9 Å². The van der Waals surface area contributed by atoms with Gasteiger partial charge in [-0.3, -0.25) is 4.55 Å². The number of hydrogen-bond acceptors (Lipinski definition) is 18. The number of pyridine rings is 2. The average molecular weight is 1550 g/mol. The molecular weight excluding hydrogens is 1480 g/mol. The summed E-state index contributed by atoms with van der Waals surface area (Å²) < 4.78 is 90.9. The van der Waals surface area contributed by atoms with Crippen LogP contribution in [0.2, 0.25) is 0 Å². The quantitative estimate of drug-likeness (QED) is 0.0504. The lowest BCUT2D eigenvalue weighted by Gasteiger charge is -2.18. The van der Waals surface area contributed by atoms with E-state index in [0.717, 1.165) is 54.6 Å². The fourth-order valence-corrected chi connectivity index (χ4v) is 15.0. The normalized spacial score (nSPS) is 12.5. The Hall–Kier alpha value is -12.4. The Kier molecular flexibility index (Phi) is 24.5. The molecule has 0 saturated carbocycles. The van der Waals surface area contributed by atoms with Crippen LogP contribution in [0.25, 0.3) is 42.1 Å². The fraction of sp³-hybridized carbons (Fsp3) is 0.153. The summed E-state index contributed by atoms with van der Waals surface area (Å²) in [5, 5.41) is 99.1. The predicted octanol–water partition coefficient (Wildman–Crippen LogP) is 12.4. The molecule has 25 heteroatoms. The molecule has 0 amide bonds. The predicted molar refractivity (Wildman–Crippen MR) is 416 cm³/mol. The molecule has 9 N–H and O–H groups in total. The molecule has 0 radical (unpaired) electrons. The molecule has 9 aromatic carbocycles. The zero-order valence-corrected chi connectivity index (χ0v) is 63.5. The summed E-state index contributed by atoms with van der Waals surface area (Å²) in [6, 6.07) is 50.6. The number of hydrogen-bond donors (Lipinski definition) is 9. The lowest BCUT2D eigenvalue weighted by molar-refractivity contribution is -0.727. The first-order valence-corrected chi connectivity index (χ1v) is 38.7. The Bertz CT molecular complexity index is 5970. The van der Waals surface area contributed by atoms with Crippen LogP contribution < -0.4 is 13.8 Å². The SMILES string of the molecule is Cc1cc2c(O)c(c1)Cc1cc(/C=C/c3cc[n+](-c4ccccc4)cc3)cc(c1O)Cc1cccc(c1O)Cc1cc(/C=C/c3cc[n+](C)cc3)cc(c1O)C2.Cc1cc2c(O)c(c1)Cc1cc(S(=O)(=O)O)cc(c1O)Cc1cccc(c1O)Cc1cc(/C=C/c3sc(C)n[n+]3C)cc(c1O)C2.O=S(=O)=O.O=S(=O)=O. The summed E-state index contributed by atoms with van der Waals surface area (Å²) in [6.07, 6.45) is 21.5. The largest absolute Gasteiger partial charge is 0.507 e. The molecule has 0 spiro atoms. The van der Waals surface area contributed by atoms with Crippen molar-refractivity contribution < 1.29 is 92.9 Å². The summed E-state index contributed by atoms with van der Waals surface area (Å²) in [5.74, 6) is 0.301. The summed E-state index contributed by atoms with van der Waals surface area (Å²) in [6.45, 7) is 5.80. The van der Waals surface area contributed by atoms with Crippen molar-refractivity contribution in [2.75, 3.05) is 0 Å². The molecule has 0 fully saturated rings. The van der Waals surface area contributed by atoms with Crippen LogP contribution in [0.15, 0.2) is 193 Å². The third-order valence-corrected chi connectivity index (χ3v) is 20.6. The van der Waals surface area contributed by atoms with Crippen LogP contribution in [0, 0.1) is 20.8 Å². The zero-order valence-electron chi connectivity index (χ0n) is 60.2. The summed E-state index contributed by atoms with van der Waals surface area (Å²) >= 11 is 1.55. The van der Waals surface area contributed by atoms with Crippen molar-refractivity contribution in [2.45, 2.75) is 77.0 Å². The molecule has 3 heterocycles. The molecule has 560 valence electrons. The Labute approximate surface area is 642 Å². The van der Waals surface area contributed by atoms with Crippen molar-refractivity contribution in [1.29, 1.82) is 0 Å². The molecule has 2 aliphatic rings. The van der Waals surface area contributed by atoms with Crippen LogP contribution in [0.3, 0.4) is 0 Å². The average Bonchev–Trinajstić information content (AvgIpc) is 0.856. The molecule has 14 rings (SSSR count). The van der Waals surface area contributed by atoms with Gasteiger partial charge in [0.05, 0.1) is 4.90 Å². The maximum atomic E-state index is 12.2. The van der Waals surface area contributed by atoms with Gasteiger partial charge in [0.25, 0.3) is 15.1 Å². The highest BCUT2D eigenvalue weighted by molar-refractivity contribution is 7.85. The van der Waals surface area contributed by atoms with Crippen LogP contribution in [-0.4, -0.2) is 84.2 Å². The minimum Gasteiger partial charge on any atom is -0.507 e. The van der Waals surface area contributed by atoms with Crippen LogP contribution in [0.5, 0.6) is 46.0 Å². The molecule has 0 aliphatic heterocycles. The van der Waals surface area contributed by atoms with E-state index in [1.807, 2.05) is 204 Å². The van der Waals surface area contributed by atoms with Gasteiger partial charge in [-0.15, -0.1) is 25.3 Å². The molecular formula is C85H77N4O17S4+3. The van der Waals surface area contributed by atoms with E-state index >= 15 is 0 Å². The Morgan fingerprint density at radius 2 is 0.627 bits per heavy atom. The van der Waals surface area contributed by atoms with Crippen LogP contribution >= 0.6 is 11.3 Å². The van der Waals surface area contributed by atoms with Gasteiger partial charge in [-0.2, -0.15) is 13.0 Å². The highest BCUT2D eigenvalue weighted by atomic mass is 32.2. The highest BCUT2D eigenvalue weighted by Gasteiger charge is 2.25. The van der Waals surface area contributed by atoms with E-state index < -0.39 is 36.2 Å². The van der Waals surface area contributed by atoms with E-state index in [1.165, 1.54) is 12.1 Å². The first kappa shape index (κ1) is 78.7.